The summed E-state index contributed by atoms with van der Waals surface area (Å²) < 4.78 is 1.31. The standard InChI is InChI=1S/C17H27IN2/c1-13(2)20(12-15-5-4-10-19-11-15)14(3)16-6-8-17(18)9-7-16/h6-9,13-15,19H,4-5,10-12H2,1-3H3. The molecular weight excluding hydrogens is 359 g/mol. The average Bonchev–Trinajstić information content (AvgIpc) is 2.45. The summed E-state index contributed by atoms with van der Waals surface area (Å²) in [5.74, 6) is 0.803. The van der Waals surface area contributed by atoms with Gasteiger partial charge in [0.1, 0.15) is 0 Å². The molecule has 2 nitrogen and oxygen atoms in total. The largest absolute Gasteiger partial charge is 0.316 e. The number of hydrogen-bond donors (Lipinski definition) is 1. The van der Waals surface area contributed by atoms with Crippen LogP contribution in [0.15, 0.2) is 24.3 Å². The van der Waals surface area contributed by atoms with Crippen LogP contribution in [0.5, 0.6) is 0 Å². The minimum absolute atomic E-state index is 0.494. The number of nitrogens with zero attached hydrogens (tertiary/aromatic N) is 1. The fourth-order valence-electron chi connectivity index (χ4n) is 3.13. The predicted octanol–water partition coefficient (Wildman–Crippen LogP) is 4.06. The Morgan fingerprint density at radius 2 is 1.95 bits per heavy atom. The van der Waals surface area contributed by atoms with Crippen molar-refractivity contribution in [1.82, 2.24) is 10.2 Å². The summed E-state index contributed by atoms with van der Waals surface area (Å²) in [6.45, 7) is 10.6. The molecule has 0 amide bonds. The van der Waals surface area contributed by atoms with Gasteiger partial charge in [-0.3, -0.25) is 4.90 Å². The van der Waals surface area contributed by atoms with E-state index in [2.05, 4.69) is 77.8 Å². The molecule has 0 bridgehead atoms. The van der Waals surface area contributed by atoms with Crippen LogP contribution in [-0.2, 0) is 0 Å². The van der Waals surface area contributed by atoms with Gasteiger partial charge >= 0.3 is 0 Å². The lowest BCUT2D eigenvalue weighted by Gasteiger charge is -2.37. The van der Waals surface area contributed by atoms with E-state index < -0.39 is 0 Å². The zero-order valence-corrected chi connectivity index (χ0v) is 15.1. The molecule has 0 aromatic heterocycles. The third-order valence-electron chi connectivity index (χ3n) is 4.38. The van der Waals surface area contributed by atoms with Gasteiger partial charge in [0.25, 0.3) is 0 Å². The molecule has 1 N–H and O–H groups in total. The quantitative estimate of drug-likeness (QED) is 0.768. The third-order valence-corrected chi connectivity index (χ3v) is 5.10. The molecule has 1 fully saturated rings. The molecule has 2 atom stereocenters. The Bertz CT molecular complexity index is 396. The van der Waals surface area contributed by atoms with Crippen molar-refractivity contribution in [3.63, 3.8) is 0 Å². The van der Waals surface area contributed by atoms with Crippen LogP contribution in [0.2, 0.25) is 0 Å². The van der Waals surface area contributed by atoms with Crippen LogP contribution in [0.25, 0.3) is 0 Å². The van der Waals surface area contributed by atoms with E-state index in [1.807, 2.05) is 0 Å². The summed E-state index contributed by atoms with van der Waals surface area (Å²) in [5.41, 5.74) is 1.43. The molecule has 2 unspecified atom stereocenters. The summed E-state index contributed by atoms with van der Waals surface area (Å²) in [5, 5.41) is 3.54. The average molecular weight is 386 g/mol. The van der Waals surface area contributed by atoms with Gasteiger partial charge in [-0.2, -0.15) is 0 Å². The minimum atomic E-state index is 0.494. The molecule has 0 radical (unpaired) electrons. The zero-order valence-electron chi connectivity index (χ0n) is 12.9. The second-order valence-corrected chi connectivity index (χ2v) is 7.48. The molecule has 1 aromatic carbocycles. The first-order valence-electron chi connectivity index (χ1n) is 7.80. The topological polar surface area (TPSA) is 15.3 Å². The van der Waals surface area contributed by atoms with Crippen molar-refractivity contribution >= 4 is 22.6 Å². The van der Waals surface area contributed by atoms with Gasteiger partial charge in [0.05, 0.1) is 0 Å². The van der Waals surface area contributed by atoms with Crippen LogP contribution in [0.3, 0.4) is 0 Å². The lowest BCUT2D eigenvalue weighted by atomic mass is 9.96. The van der Waals surface area contributed by atoms with Crippen molar-refractivity contribution in [3.05, 3.63) is 33.4 Å². The lowest BCUT2D eigenvalue weighted by molar-refractivity contribution is 0.127. The lowest BCUT2D eigenvalue weighted by Crippen LogP contribution is -2.42. The predicted molar refractivity (Wildman–Crippen MR) is 95.0 cm³/mol. The normalized spacial score (nSPS) is 21.4. The Hall–Kier alpha value is -0.130. The second kappa shape index (κ2) is 7.76. The summed E-state index contributed by atoms with van der Waals surface area (Å²) in [7, 11) is 0. The van der Waals surface area contributed by atoms with Crippen LogP contribution in [-0.4, -0.2) is 30.6 Å². The Kier molecular flexibility index (Phi) is 6.30. The summed E-state index contributed by atoms with van der Waals surface area (Å²) in [6, 6.07) is 10.1. The highest BCUT2D eigenvalue weighted by molar-refractivity contribution is 14.1. The fourth-order valence-corrected chi connectivity index (χ4v) is 3.49. The van der Waals surface area contributed by atoms with Gasteiger partial charge in [-0.05, 0) is 92.9 Å². The van der Waals surface area contributed by atoms with E-state index in [4.69, 9.17) is 0 Å². The van der Waals surface area contributed by atoms with E-state index >= 15 is 0 Å². The van der Waals surface area contributed by atoms with Crippen molar-refractivity contribution in [2.24, 2.45) is 5.92 Å². The highest BCUT2D eigenvalue weighted by atomic mass is 127. The number of benzene rings is 1. The van der Waals surface area contributed by atoms with Crippen molar-refractivity contribution in [3.8, 4) is 0 Å². The molecule has 0 spiro atoms. The molecule has 1 aliphatic heterocycles. The first-order valence-corrected chi connectivity index (χ1v) is 8.87. The van der Waals surface area contributed by atoms with Gasteiger partial charge < -0.3 is 5.32 Å². The van der Waals surface area contributed by atoms with Gasteiger partial charge in [0.2, 0.25) is 0 Å². The summed E-state index contributed by atoms with van der Waals surface area (Å²) in [4.78, 5) is 2.65. The number of rotatable bonds is 5. The van der Waals surface area contributed by atoms with Gasteiger partial charge in [0, 0.05) is 22.2 Å². The highest BCUT2D eigenvalue weighted by Gasteiger charge is 2.23. The van der Waals surface area contributed by atoms with Crippen molar-refractivity contribution in [1.29, 1.82) is 0 Å². The van der Waals surface area contributed by atoms with Crippen LogP contribution >= 0.6 is 22.6 Å². The molecule has 2 rings (SSSR count). The summed E-state index contributed by atoms with van der Waals surface area (Å²) in [6.07, 6.45) is 2.70. The monoisotopic (exact) mass is 386 g/mol. The van der Waals surface area contributed by atoms with Crippen LogP contribution < -0.4 is 5.32 Å². The number of halogens is 1. The zero-order chi connectivity index (χ0) is 14.5. The molecule has 20 heavy (non-hydrogen) atoms. The third kappa shape index (κ3) is 4.43. The molecular formula is C17H27IN2. The molecule has 1 aromatic rings. The smallest absolute Gasteiger partial charge is 0.0322 e. The Morgan fingerprint density at radius 3 is 2.50 bits per heavy atom. The van der Waals surface area contributed by atoms with Crippen LogP contribution in [0.4, 0.5) is 0 Å². The maximum Gasteiger partial charge on any atom is 0.0322 e. The molecule has 0 saturated carbocycles. The maximum atomic E-state index is 3.54. The molecule has 1 saturated heterocycles. The Labute approximate surface area is 137 Å². The minimum Gasteiger partial charge on any atom is -0.316 e. The van der Waals surface area contributed by atoms with Crippen molar-refractivity contribution in [2.75, 3.05) is 19.6 Å². The van der Waals surface area contributed by atoms with Crippen molar-refractivity contribution < 1.29 is 0 Å². The van der Waals surface area contributed by atoms with Crippen molar-refractivity contribution in [2.45, 2.75) is 45.7 Å². The molecule has 1 heterocycles. The molecule has 1 aliphatic rings. The fraction of sp³-hybridized carbons (Fsp3) is 0.647. The van der Waals surface area contributed by atoms with E-state index in [-0.39, 0.29) is 0 Å². The maximum absolute atomic E-state index is 3.54. The van der Waals surface area contributed by atoms with E-state index in [0.29, 0.717) is 12.1 Å². The van der Waals surface area contributed by atoms with E-state index in [1.54, 1.807) is 0 Å². The second-order valence-electron chi connectivity index (χ2n) is 6.23. The highest BCUT2D eigenvalue weighted by Crippen LogP contribution is 2.25. The molecule has 3 heteroatoms. The van der Waals surface area contributed by atoms with Gasteiger partial charge in [-0.1, -0.05) is 12.1 Å². The number of piperidine rings is 1. The number of nitrogens with one attached hydrogen (secondary N) is 1. The van der Waals surface area contributed by atoms with E-state index in [1.165, 1.54) is 41.6 Å². The van der Waals surface area contributed by atoms with Gasteiger partial charge in [0.15, 0.2) is 0 Å². The molecule has 0 aliphatic carbocycles. The van der Waals surface area contributed by atoms with Crippen LogP contribution in [0, 0.1) is 9.49 Å². The van der Waals surface area contributed by atoms with Gasteiger partial charge in [-0.15, -0.1) is 0 Å². The van der Waals surface area contributed by atoms with E-state index in [0.717, 1.165) is 5.92 Å². The first kappa shape index (κ1) is 16.2. The number of hydrogen-bond acceptors (Lipinski definition) is 2. The Morgan fingerprint density at radius 1 is 1.25 bits per heavy atom. The van der Waals surface area contributed by atoms with Crippen LogP contribution in [0.1, 0.15) is 45.2 Å². The first-order chi connectivity index (χ1) is 9.58. The SMILES string of the molecule is CC(C)N(CC1CCCNC1)C(C)c1ccc(I)cc1. The molecule has 112 valence electrons. The van der Waals surface area contributed by atoms with E-state index in [9.17, 15) is 0 Å². The summed E-state index contributed by atoms with van der Waals surface area (Å²) >= 11 is 2.37. The Balaban J connectivity index is 2.04. The van der Waals surface area contributed by atoms with Gasteiger partial charge in [-0.25, -0.2) is 0 Å².